The molecule has 1 aromatic rings. The molecule has 4 heteroatoms. The second-order valence-corrected chi connectivity index (χ2v) is 4.72. The first-order valence-corrected chi connectivity index (χ1v) is 4.87. The molecule has 0 aliphatic rings. The van der Waals surface area contributed by atoms with Gasteiger partial charge in [0.15, 0.2) is 0 Å². The van der Waals surface area contributed by atoms with Crippen LogP contribution in [0.3, 0.4) is 0 Å². The average Bonchev–Trinajstić information content (AvgIpc) is 2.15. The van der Waals surface area contributed by atoms with Gasteiger partial charge >= 0.3 is 0 Å². The van der Waals surface area contributed by atoms with Crippen LogP contribution >= 0.6 is 0 Å². The second kappa shape index (κ2) is 3.96. The Hall–Kier alpha value is -1.45. The fraction of sp³-hybridized carbons (Fsp3) is 0.545. The van der Waals surface area contributed by atoms with Gasteiger partial charge in [-0.3, -0.25) is 4.79 Å². The lowest BCUT2D eigenvalue weighted by Gasteiger charge is -2.17. The van der Waals surface area contributed by atoms with Gasteiger partial charge < -0.3 is 4.90 Å². The van der Waals surface area contributed by atoms with Gasteiger partial charge in [0.05, 0.1) is 0 Å². The van der Waals surface area contributed by atoms with E-state index in [0.717, 1.165) is 0 Å². The van der Waals surface area contributed by atoms with Crippen LogP contribution in [-0.4, -0.2) is 34.9 Å². The predicted molar refractivity (Wildman–Crippen MR) is 58.7 cm³/mol. The summed E-state index contributed by atoms with van der Waals surface area (Å²) in [7, 11) is 3.42. The normalized spacial score (nSPS) is 11.3. The number of nitrogens with zero attached hydrogens (tertiary/aromatic N) is 3. The summed E-state index contributed by atoms with van der Waals surface area (Å²) >= 11 is 0. The van der Waals surface area contributed by atoms with E-state index in [2.05, 4.69) is 9.97 Å². The Morgan fingerprint density at radius 1 is 1.33 bits per heavy atom. The number of hydrogen-bond acceptors (Lipinski definition) is 3. The quantitative estimate of drug-likeness (QED) is 0.700. The summed E-state index contributed by atoms with van der Waals surface area (Å²) in [6.07, 6.45) is 1.63. The fourth-order valence-corrected chi connectivity index (χ4v) is 1.07. The molecule has 0 aromatic carbocycles. The van der Waals surface area contributed by atoms with Crippen molar-refractivity contribution in [2.75, 3.05) is 14.1 Å². The molecule has 0 aliphatic heterocycles. The third-order valence-corrected chi connectivity index (χ3v) is 1.95. The van der Waals surface area contributed by atoms with Crippen LogP contribution in [0.2, 0.25) is 0 Å². The van der Waals surface area contributed by atoms with Crippen LogP contribution < -0.4 is 0 Å². The Morgan fingerprint density at radius 3 is 2.40 bits per heavy atom. The summed E-state index contributed by atoms with van der Waals surface area (Å²) in [5.41, 5.74) is 0.308. The Bertz CT molecular complexity index is 366. The van der Waals surface area contributed by atoms with Gasteiger partial charge in [-0.1, -0.05) is 20.8 Å². The van der Waals surface area contributed by atoms with Gasteiger partial charge in [0.1, 0.15) is 11.5 Å². The minimum atomic E-state index is -0.136. The molecule has 4 nitrogen and oxygen atoms in total. The molecule has 0 fully saturated rings. The molecule has 0 bridgehead atoms. The number of hydrogen-bond donors (Lipinski definition) is 0. The van der Waals surface area contributed by atoms with Gasteiger partial charge in [-0.15, -0.1) is 0 Å². The van der Waals surface area contributed by atoms with E-state index >= 15 is 0 Å². The number of carbonyl (C=O) groups is 1. The van der Waals surface area contributed by atoms with Crippen LogP contribution in [-0.2, 0) is 5.41 Å². The van der Waals surface area contributed by atoms with Crippen molar-refractivity contribution >= 4 is 5.91 Å². The van der Waals surface area contributed by atoms with Crippen molar-refractivity contribution in [3.63, 3.8) is 0 Å². The van der Waals surface area contributed by atoms with Gasteiger partial charge in [-0.2, -0.15) is 0 Å². The molecule has 82 valence electrons. The monoisotopic (exact) mass is 207 g/mol. The first-order chi connectivity index (χ1) is 6.82. The highest BCUT2D eigenvalue weighted by Crippen LogP contribution is 2.17. The van der Waals surface area contributed by atoms with Gasteiger partial charge in [0.2, 0.25) is 0 Å². The summed E-state index contributed by atoms with van der Waals surface area (Å²) in [6.45, 7) is 6.06. The maximum atomic E-state index is 11.7. The lowest BCUT2D eigenvalue weighted by molar-refractivity contribution is 0.0821. The smallest absolute Gasteiger partial charge is 0.272 e. The van der Waals surface area contributed by atoms with E-state index in [1.54, 1.807) is 26.4 Å². The first kappa shape index (κ1) is 11.6. The van der Waals surface area contributed by atoms with E-state index < -0.39 is 0 Å². The molecule has 1 amide bonds. The number of amides is 1. The fourth-order valence-electron chi connectivity index (χ4n) is 1.07. The van der Waals surface area contributed by atoms with Gasteiger partial charge in [-0.05, 0) is 6.07 Å². The van der Waals surface area contributed by atoms with Crippen LogP contribution in [0.25, 0.3) is 0 Å². The molecular weight excluding hydrogens is 190 g/mol. The van der Waals surface area contributed by atoms with Crippen LogP contribution in [0, 0.1) is 0 Å². The van der Waals surface area contributed by atoms with E-state index in [1.807, 2.05) is 20.8 Å². The maximum absolute atomic E-state index is 11.7. The van der Waals surface area contributed by atoms with Gasteiger partial charge in [0.25, 0.3) is 5.91 Å². The lowest BCUT2D eigenvalue weighted by Crippen LogP contribution is -2.25. The molecule has 1 rings (SSSR count). The van der Waals surface area contributed by atoms with Crippen LogP contribution in [0.15, 0.2) is 12.3 Å². The van der Waals surface area contributed by atoms with Crippen molar-refractivity contribution in [1.82, 2.24) is 14.9 Å². The molecular formula is C11H17N3O. The average molecular weight is 207 g/mol. The van der Waals surface area contributed by atoms with Crippen molar-refractivity contribution in [1.29, 1.82) is 0 Å². The van der Waals surface area contributed by atoms with Crippen molar-refractivity contribution in [2.45, 2.75) is 26.2 Å². The van der Waals surface area contributed by atoms with Gasteiger partial charge in [0, 0.05) is 25.7 Å². The van der Waals surface area contributed by atoms with Crippen molar-refractivity contribution in [3.8, 4) is 0 Å². The maximum Gasteiger partial charge on any atom is 0.272 e. The molecule has 1 heterocycles. The summed E-state index contributed by atoms with van der Waals surface area (Å²) in [5, 5.41) is 0. The third kappa shape index (κ3) is 2.75. The van der Waals surface area contributed by atoms with E-state index in [-0.39, 0.29) is 11.3 Å². The molecule has 0 aliphatic carbocycles. The van der Waals surface area contributed by atoms with E-state index in [1.165, 1.54) is 4.90 Å². The number of carbonyl (C=O) groups excluding carboxylic acids is 1. The predicted octanol–water partition coefficient (Wildman–Crippen LogP) is 1.48. The summed E-state index contributed by atoms with van der Waals surface area (Å²) in [6, 6.07) is 1.64. The molecule has 0 unspecified atom stereocenters. The topological polar surface area (TPSA) is 46.1 Å². The van der Waals surface area contributed by atoms with E-state index in [4.69, 9.17) is 0 Å². The molecule has 0 N–H and O–H groups in total. The standard InChI is InChI=1S/C11H17N3O/c1-11(2,3)10-12-7-6-8(13-10)9(15)14(4)5/h6-7H,1-5H3. The molecule has 0 saturated heterocycles. The van der Waals surface area contributed by atoms with Crippen LogP contribution in [0.5, 0.6) is 0 Å². The Balaban J connectivity index is 3.09. The molecule has 0 radical (unpaired) electrons. The van der Waals surface area contributed by atoms with Crippen molar-refractivity contribution < 1.29 is 4.79 Å². The highest BCUT2D eigenvalue weighted by molar-refractivity contribution is 5.91. The molecule has 0 spiro atoms. The second-order valence-electron chi connectivity index (χ2n) is 4.72. The zero-order valence-corrected chi connectivity index (χ0v) is 9.90. The van der Waals surface area contributed by atoms with Crippen molar-refractivity contribution in [2.24, 2.45) is 0 Å². The highest BCUT2D eigenvalue weighted by atomic mass is 16.2. The zero-order valence-electron chi connectivity index (χ0n) is 9.90. The third-order valence-electron chi connectivity index (χ3n) is 1.95. The summed E-state index contributed by atoms with van der Waals surface area (Å²) in [5.74, 6) is 0.595. The molecule has 0 saturated carbocycles. The largest absolute Gasteiger partial charge is 0.343 e. The first-order valence-electron chi connectivity index (χ1n) is 4.87. The highest BCUT2D eigenvalue weighted by Gasteiger charge is 2.19. The van der Waals surface area contributed by atoms with Crippen LogP contribution in [0.1, 0.15) is 37.1 Å². The minimum Gasteiger partial charge on any atom is -0.343 e. The molecule has 0 atom stereocenters. The van der Waals surface area contributed by atoms with Crippen LogP contribution in [0.4, 0.5) is 0 Å². The summed E-state index contributed by atoms with van der Waals surface area (Å²) < 4.78 is 0. The molecule has 1 aromatic heterocycles. The number of aromatic nitrogens is 2. The zero-order chi connectivity index (χ0) is 11.6. The SMILES string of the molecule is CN(C)C(=O)c1ccnc(C(C)(C)C)n1. The lowest BCUT2D eigenvalue weighted by atomic mass is 9.95. The van der Waals surface area contributed by atoms with E-state index in [0.29, 0.717) is 11.5 Å². The Morgan fingerprint density at radius 2 is 1.93 bits per heavy atom. The van der Waals surface area contributed by atoms with Crippen molar-refractivity contribution in [3.05, 3.63) is 23.8 Å². The summed E-state index contributed by atoms with van der Waals surface area (Å²) in [4.78, 5) is 21.6. The van der Waals surface area contributed by atoms with E-state index in [9.17, 15) is 4.79 Å². The molecule has 15 heavy (non-hydrogen) atoms. The number of rotatable bonds is 1. The van der Waals surface area contributed by atoms with Gasteiger partial charge in [-0.25, -0.2) is 9.97 Å². The Labute approximate surface area is 90.3 Å². The Kier molecular flexibility index (Phi) is 3.07. The minimum absolute atomic E-state index is 0.0945.